The van der Waals surface area contributed by atoms with Gasteiger partial charge in [-0.05, 0) is 12.1 Å². The van der Waals surface area contributed by atoms with Crippen molar-refractivity contribution >= 4 is 22.2 Å². The number of nitrogens with zero attached hydrogens (tertiary/aromatic N) is 2. The monoisotopic (exact) mass is 282 g/mol. The molecule has 0 saturated carbocycles. The molecule has 16 heavy (non-hydrogen) atoms. The van der Waals surface area contributed by atoms with Gasteiger partial charge in [0.15, 0.2) is 6.29 Å². The molecule has 3 nitrogen and oxygen atoms in total. The maximum atomic E-state index is 13.5. The van der Waals surface area contributed by atoms with Crippen molar-refractivity contribution in [3.05, 3.63) is 52.0 Å². The minimum absolute atomic E-state index is 0.294. The van der Waals surface area contributed by atoms with E-state index in [1.807, 2.05) is 0 Å². The molecule has 1 aromatic carbocycles. The van der Waals surface area contributed by atoms with E-state index < -0.39 is 0 Å². The van der Waals surface area contributed by atoms with Gasteiger partial charge in [0.2, 0.25) is 0 Å². The lowest BCUT2D eigenvalue weighted by molar-refractivity contribution is 0.112. The van der Waals surface area contributed by atoms with Crippen LogP contribution in [0.15, 0.2) is 35.1 Å². The third-order valence-corrected chi connectivity index (χ3v) is 2.63. The Bertz CT molecular complexity index is 524. The van der Waals surface area contributed by atoms with Crippen LogP contribution in [-0.4, -0.2) is 16.1 Å². The highest BCUT2D eigenvalue weighted by Crippen LogP contribution is 2.16. The topological polar surface area (TPSA) is 34.9 Å². The van der Waals surface area contributed by atoms with Crippen molar-refractivity contribution in [2.75, 3.05) is 0 Å². The van der Waals surface area contributed by atoms with Gasteiger partial charge in [-0.15, -0.1) is 0 Å². The van der Waals surface area contributed by atoms with Gasteiger partial charge in [-0.2, -0.15) is 5.10 Å². The molecule has 0 fully saturated rings. The van der Waals surface area contributed by atoms with Gasteiger partial charge >= 0.3 is 0 Å². The van der Waals surface area contributed by atoms with Gasteiger partial charge < -0.3 is 0 Å². The SMILES string of the molecule is O=Cc1cnn(Cc2ccc(Br)cc2F)c1. The fourth-order valence-corrected chi connectivity index (χ4v) is 1.68. The summed E-state index contributed by atoms with van der Waals surface area (Å²) < 4.78 is 15.7. The number of hydrogen-bond donors (Lipinski definition) is 0. The summed E-state index contributed by atoms with van der Waals surface area (Å²) in [5.74, 6) is -0.294. The molecule has 1 aromatic heterocycles. The maximum absolute atomic E-state index is 13.5. The first kappa shape index (κ1) is 11.0. The van der Waals surface area contributed by atoms with Crippen molar-refractivity contribution < 1.29 is 9.18 Å². The largest absolute Gasteiger partial charge is 0.298 e. The number of halogens is 2. The fourth-order valence-electron chi connectivity index (χ4n) is 1.35. The number of aromatic nitrogens is 2. The Morgan fingerprint density at radius 1 is 1.50 bits per heavy atom. The van der Waals surface area contributed by atoms with E-state index >= 15 is 0 Å². The first-order valence-electron chi connectivity index (χ1n) is 4.60. The molecule has 0 spiro atoms. The summed E-state index contributed by atoms with van der Waals surface area (Å²) in [7, 11) is 0. The van der Waals surface area contributed by atoms with Crippen LogP contribution in [0.4, 0.5) is 4.39 Å². The summed E-state index contributed by atoms with van der Waals surface area (Å²) in [6.07, 6.45) is 3.74. The predicted molar refractivity (Wildman–Crippen MR) is 60.8 cm³/mol. The van der Waals surface area contributed by atoms with Crippen LogP contribution in [0.5, 0.6) is 0 Å². The fraction of sp³-hybridized carbons (Fsp3) is 0.0909. The second kappa shape index (κ2) is 4.57. The number of carbonyl (C=O) groups excluding carboxylic acids is 1. The Kier molecular flexibility index (Phi) is 3.14. The standard InChI is InChI=1S/C11H8BrFN2O/c12-10-2-1-9(11(13)3-10)6-15-5-8(7-16)4-14-15/h1-5,7H,6H2. The Morgan fingerprint density at radius 3 is 2.94 bits per heavy atom. The van der Waals surface area contributed by atoms with Crippen LogP contribution in [0.1, 0.15) is 15.9 Å². The molecule has 0 N–H and O–H groups in total. The van der Waals surface area contributed by atoms with Crippen molar-refractivity contribution in [2.24, 2.45) is 0 Å². The van der Waals surface area contributed by atoms with E-state index in [0.29, 0.717) is 28.4 Å². The highest BCUT2D eigenvalue weighted by Gasteiger charge is 2.04. The zero-order valence-corrected chi connectivity index (χ0v) is 9.82. The lowest BCUT2D eigenvalue weighted by Crippen LogP contribution is -2.02. The molecule has 5 heteroatoms. The molecule has 82 valence electrons. The summed E-state index contributed by atoms with van der Waals surface area (Å²) >= 11 is 3.19. The third kappa shape index (κ3) is 2.36. The lowest BCUT2D eigenvalue weighted by atomic mass is 10.2. The number of hydrogen-bond acceptors (Lipinski definition) is 2. The van der Waals surface area contributed by atoms with Crippen LogP contribution < -0.4 is 0 Å². The second-order valence-corrected chi connectivity index (χ2v) is 4.24. The Balaban J connectivity index is 2.23. The van der Waals surface area contributed by atoms with Crippen LogP contribution in [0.3, 0.4) is 0 Å². The molecule has 0 atom stereocenters. The first-order chi connectivity index (χ1) is 7.69. The van der Waals surface area contributed by atoms with Gasteiger partial charge in [0, 0.05) is 16.2 Å². The molecular weight excluding hydrogens is 275 g/mol. The summed E-state index contributed by atoms with van der Waals surface area (Å²) in [5.41, 5.74) is 1.02. The average molecular weight is 283 g/mol. The van der Waals surface area contributed by atoms with Crippen LogP contribution >= 0.6 is 15.9 Å². The van der Waals surface area contributed by atoms with Crippen molar-refractivity contribution in [3.63, 3.8) is 0 Å². The first-order valence-corrected chi connectivity index (χ1v) is 5.40. The zero-order chi connectivity index (χ0) is 11.5. The van der Waals surface area contributed by atoms with Gasteiger partial charge in [0.1, 0.15) is 5.82 Å². The van der Waals surface area contributed by atoms with Crippen LogP contribution in [0.2, 0.25) is 0 Å². The molecule has 0 amide bonds. The van der Waals surface area contributed by atoms with Crippen molar-refractivity contribution in [3.8, 4) is 0 Å². The lowest BCUT2D eigenvalue weighted by Gasteiger charge is -2.03. The smallest absolute Gasteiger partial charge is 0.153 e. The quantitative estimate of drug-likeness (QED) is 0.812. The Morgan fingerprint density at radius 2 is 2.31 bits per heavy atom. The van der Waals surface area contributed by atoms with E-state index in [4.69, 9.17) is 0 Å². The Labute approximate surface area is 100 Å². The van der Waals surface area contributed by atoms with Crippen LogP contribution in [0, 0.1) is 5.82 Å². The van der Waals surface area contributed by atoms with E-state index in [0.717, 1.165) is 0 Å². The number of aldehydes is 1. The van der Waals surface area contributed by atoms with E-state index in [1.54, 1.807) is 18.3 Å². The van der Waals surface area contributed by atoms with E-state index in [-0.39, 0.29) is 5.82 Å². The molecule has 0 radical (unpaired) electrons. The van der Waals surface area contributed by atoms with Gasteiger partial charge in [-0.25, -0.2) is 4.39 Å². The molecule has 0 unspecified atom stereocenters. The third-order valence-electron chi connectivity index (χ3n) is 2.14. The maximum Gasteiger partial charge on any atom is 0.153 e. The predicted octanol–water partition coefficient (Wildman–Crippen LogP) is 2.65. The van der Waals surface area contributed by atoms with E-state index in [2.05, 4.69) is 21.0 Å². The number of benzene rings is 1. The second-order valence-electron chi connectivity index (χ2n) is 3.32. The molecule has 0 aliphatic rings. The number of carbonyl (C=O) groups is 1. The molecule has 0 bridgehead atoms. The number of rotatable bonds is 3. The molecular formula is C11H8BrFN2O. The summed E-state index contributed by atoms with van der Waals surface area (Å²) in [6, 6.07) is 4.85. The highest BCUT2D eigenvalue weighted by atomic mass is 79.9. The molecule has 2 aromatic rings. The summed E-state index contributed by atoms with van der Waals surface area (Å²) in [4.78, 5) is 10.5. The van der Waals surface area contributed by atoms with Crippen molar-refractivity contribution in [1.29, 1.82) is 0 Å². The summed E-state index contributed by atoms with van der Waals surface area (Å²) in [6.45, 7) is 0.312. The van der Waals surface area contributed by atoms with E-state index in [1.165, 1.54) is 16.9 Å². The van der Waals surface area contributed by atoms with Gasteiger partial charge in [-0.3, -0.25) is 9.48 Å². The minimum atomic E-state index is -0.294. The van der Waals surface area contributed by atoms with Gasteiger partial charge in [-0.1, -0.05) is 22.0 Å². The molecule has 0 aliphatic heterocycles. The van der Waals surface area contributed by atoms with Crippen LogP contribution in [-0.2, 0) is 6.54 Å². The van der Waals surface area contributed by atoms with E-state index in [9.17, 15) is 9.18 Å². The molecule has 0 aliphatic carbocycles. The van der Waals surface area contributed by atoms with Crippen molar-refractivity contribution in [1.82, 2.24) is 9.78 Å². The molecule has 2 rings (SSSR count). The van der Waals surface area contributed by atoms with Crippen LogP contribution in [0.25, 0.3) is 0 Å². The van der Waals surface area contributed by atoms with Gasteiger partial charge in [0.05, 0.1) is 18.3 Å². The Hall–Kier alpha value is -1.49. The average Bonchev–Trinajstić information content (AvgIpc) is 2.70. The van der Waals surface area contributed by atoms with Crippen molar-refractivity contribution in [2.45, 2.75) is 6.54 Å². The minimum Gasteiger partial charge on any atom is -0.298 e. The highest BCUT2D eigenvalue weighted by molar-refractivity contribution is 9.10. The van der Waals surface area contributed by atoms with Gasteiger partial charge in [0.25, 0.3) is 0 Å². The molecule has 1 heterocycles. The normalized spacial score (nSPS) is 10.4. The zero-order valence-electron chi connectivity index (χ0n) is 8.23. The summed E-state index contributed by atoms with van der Waals surface area (Å²) in [5, 5.41) is 3.95. The molecule has 0 saturated heterocycles.